The summed E-state index contributed by atoms with van der Waals surface area (Å²) in [5.41, 5.74) is 0.326. The maximum atomic E-state index is 12.9. The molecule has 29 heavy (non-hydrogen) atoms. The molecule has 2 amide bonds. The summed E-state index contributed by atoms with van der Waals surface area (Å²) in [6, 6.07) is 1.78. The second-order valence-electron chi connectivity index (χ2n) is 8.70. The van der Waals surface area contributed by atoms with Gasteiger partial charge in [-0.05, 0) is 33.6 Å². The van der Waals surface area contributed by atoms with E-state index < -0.39 is 27.5 Å². The van der Waals surface area contributed by atoms with Crippen LogP contribution in [0.25, 0.3) is 0 Å². The van der Waals surface area contributed by atoms with Crippen molar-refractivity contribution in [3.05, 3.63) is 11.8 Å². The predicted octanol–water partition coefficient (Wildman–Crippen LogP) is 2.18. The van der Waals surface area contributed by atoms with Crippen LogP contribution in [0.1, 0.15) is 51.6 Å². The molecule has 3 rings (SSSR count). The van der Waals surface area contributed by atoms with Gasteiger partial charge in [-0.2, -0.15) is 13.5 Å². The molecule has 3 heterocycles. The smallest absolute Gasteiger partial charge is 0.410 e. The lowest BCUT2D eigenvalue weighted by Gasteiger charge is -2.33. The lowest BCUT2D eigenvalue weighted by atomic mass is 9.94. The van der Waals surface area contributed by atoms with Crippen molar-refractivity contribution in [1.29, 1.82) is 0 Å². The summed E-state index contributed by atoms with van der Waals surface area (Å²) < 4.78 is 40.0. The Labute approximate surface area is 169 Å². The monoisotopic (exact) mass is 430 g/mol. The van der Waals surface area contributed by atoms with E-state index in [1.54, 1.807) is 11.0 Å². The van der Waals surface area contributed by atoms with Crippen LogP contribution in [-0.2, 0) is 19.8 Å². The van der Waals surface area contributed by atoms with Crippen molar-refractivity contribution >= 4 is 28.0 Å². The summed E-state index contributed by atoms with van der Waals surface area (Å²) in [5.74, 6) is -0.922. The third-order valence-electron chi connectivity index (χ3n) is 5.09. The van der Waals surface area contributed by atoms with E-state index in [9.17, 15) is 21.9 Å². The number of nitrogens with one attached hydrogen (secondary N) is 1. The standard InChI is InChI=1S/C18H27FN4O5S/c1-18(2,3)28-17(25)22-6-4-13(5-7-22)14-9-15(21-20-14)23-10-12(8-16(23)24)11-29(19,26)27/h9,12-13H,4-8,10-11H2,1-3H3,(H,20,21). The molecule has 0 saturated carbocycles. The largest absolute Gasteiger partial charge is 0.444 e. The first kappa shape index (κ1) is 21.5. The van der Waals surface area contributed by atoms with E-state index in [-0.39, 0.29) is 30.9 Å². The molecule has 1 aromatic rings. The van der Waals surface area contributed by atoms with Gasteiger partial charge in [-0.15, -0.1) is 3.89 Å². The third kappa shape index (κ3) is 5.68. The molecule has 162 valence electrons. The van der Waals surface area contributed by atoms with Gasteiger partial charge in [0.05, 0.1) is 5.75 Å². The van der Waals surface area contributed by atoms with Crippen LogP contribution in [0, 0.1) is 5.92 Å². The molecule has 2 aliphatic heterocycles. The minimum Gasteiger partial charge on any atom is -0.444 e. The highest BCUT2D eigenvalue weighted by Gasteiger charge is 2.35. The summed E-state index contributed by atoms with van der Waals surface area (Å²) in [6.07, 6.45) is 1.13. The molecule has 2 saturated heterocycles. The number of hydrogen-bond donors (Lipinski definition) is 1. The molecule has 0 aromatic carbocycles. The lowest BCUT2D eigenvalue weighted by Crippen LogP contribution is -2.41. The number of rotatable bonds is 4. The molecule has 11 heteroatoms. The van der Waals surface area contributed by atoms with E-state index in [1.165, 1.54) is 4.90 Å². The average molecular weight is 431 g/mol. The van der Waals surface area contributed by atoms with Crippen LogP contribution in [0.4, 0.5) is 14.5 Å². The Kier molecular flexibility index (Phi) is 5.88. The Bertz CT molecular complexity index is 871. The van der Waals surface area contributed by atoms with Gasteiger partial charge in [0.2, 0.25) is 5.91 Å². The molecule has 0 bridgehead atoms. The van der Waals surface area contributed by atoms with Gasteiger partial charge >= 0.3 is 16.3 Å². The quantitative estimate of drug-likeness (QED) is 0.733. The maximum Gasteiger partial charge on any atom is 0.410 e. The minimum absolute atomic E-state index is 0.0143. The fourth-order valence-electron chi connectivity index (χ4n) is 3.77. The van der Waals surface area contributed by atoms with Gasteiger partial charge in [0.25, 0.3) is 0 Å². The fraction of sp³-hybridized carbons (Fsp3) is 0.722. The van der Waals surface area contributed by atoms with Gasteiger partial charge in [-0.25, -0.2) is 4.79 Å². The molecule has 2 aliphatic rings. The zero-order chi connectivity index (χ0) is 21.4. The summed E-state index contributed by atoms with van der Waals surface area (Å²) in [4.78, 5) is 27.4. The van der Waals surface area contributed by atoms with Crippen molar-refractivity contribution in [2.45, 2.75) is 51.6 Å². The number of ether oxygens (including phenoxy) is 1. The number of carbonyl (C=O) groups excluding carboxylic acids is 2. The van der Waals surface area contributed by atoms with Crippen molar-refractivity contribution in [1.82, 2.24) is 15.1 Å². The number of aromatic nitrogens is 2. The van der Waals surface area contributed by atoms with Gasteiger partial charge in [-0.1, -0.05) is 0 Å². The SMILES string of the molecule is CC(C)(C)OC(=O)N1CCC(c2cc(N3CC(CS(=O)(=O)F)CC3=O)n[nH]2)CC1. The van der Waals surface area contributed by atoms with Crippen molar-refractivity contribution < 1.29 is 26.6 Å². The van der Waals surface area contributed by atoms with Crippen LogP contribution in [0.2, 0.25) is 0 Å². The van der Waals surface area contributed by atoms with Gasteiger partial charge in [0.15, 0.2) is 5.82 Å². The third-order valence-corrected chi connectivity index (χ3v) is 5.96. The number of carbonyl (C=O) groups is 2. The molecular formula is C18H27FN4O5S. The minimum atomic E-state index is -4.62. The van der Waals surface area contributed by atoms with Crippen molar-refractivity contribution in [2.24, 2.45) is 5.92 Å². The second kappa shape index (κ2) is 7.92. The molecule has 0 spiro atoms. The second-order valence-corrected chi connectivity index (χ2v) is 10.1. The first-order chi connectivity index (χ1) is 13.4. The number of amides is 2. The van der Waals surface area contributed by atoms with E-state index in [0.717, 1.165) is 18.5 Å². The highest BCUT2D eigenvalue weighted by Crippen LogP contribution is 2.31. The molecule has 1 aromatic heterocycles. The van der Waals surface area contributed by atoms with E-state index in [1.807, 2.05) is 20.8 Å². The molecule has 9 nitrogen and oxygen atoms in total. The van der Waals surface area contributed by atoms with Crippen LogP contribution in [0.15, 0.2) is 6.07 Å². The fourth-order valence-corrected chi connectivity index (χ4v) is 4.55. The van der Waals surface area contributed by atoms with E-state index in [2.05, 4.69) is 10.2 Å². The molecule has 2 fully saturated rings. The molecule has 1 atom stereocenters. The van der Waals surface area contributed by atoms with Crippen LogP contribution in [0.5, 0.6) is 0 Å². The van der Waals surface area contributed by atoms with Gasteiger partial charge in [-0.3, -0.25) is 14.8 Å². The first-order valence-electron chi connectivity index (χ1n) is 9.67. The maximum absolute atomic E-state index is 12.9. The molecular weight excluding hydrogens is 403 g/mol. The van der Waals surface area contributed by atoms with Crippen molar-refractivity contribution in [3.8, 4) is 0 Å². The summed E-state index contributed by atoms with van der Waals surface area (Å²) >= 11 is 0. The molecule has 1 unspecified atom stereocenters. The Morgan fingerprint density at radius 1 is 1.34 bits per heavy atom. The number of H-pyrrole nitrogens is 1. The Balaban J connectivity index is 1.57. The van der Waals surface area contributed by atoms with E-state index >= 15 is 0 Å². The number of aromatic amines is 1. The Morgan fingerprint density at radius 2 is 2.00 bits per heavy atom. The van der Waals surface area contributed by atoms with E-state index in [0.29, 0.717) is 18.9 Å². The zero-order valence-electron chi connectivity index (χ0n) is 16.9. The summed E-state index contributed by atoms with van der Waals surface area (Å²) in [6.45, 7) is 6.74. The number of hydrogen-bond acceptors (Lipinski definition) is 6. The van der Waals surface area contributed by atoms with Gasteiger partial charge in [0.1, 0.15) is 5.60 Å². The number of nitrogens with zero attached hydrogens (tertiary/aromatic N) is 3. The number of piperidine rings is 1. The van der Waals surface area contributed by atoms with Gasteiger partial charge < -0.3 is 9.64 Å². The zero-order valence-corrected chi connectivity index (χ0v) is 17.7. The number of halogens is 1. The molecule has 0 aliphatic carbocycles. The average Bonchev–Trinajstić information content (AvgIpc) is 3.18. The normalized spacial score (nSPS) is 21.7. The molecule has 1 N–H and O–H groups in total. The first-order valence-corrected chi connectivity index (χ1v) is 11.2. The van der Waals surface area contributed by atoms with Crippen molar-refractivity contribution in [3.63, 3.8) is 0 Å². The number of anilines is 1. The van der Waals surface area contributed by atoms with Crippen LogP contribution >= 0.6 is 0 Å². The van der Waals surface area contributed by atoms with E-state index in [4.69, 9.17) is 4.74 Å². The van der Waals surface area contributed by atoms with Crippen LogP contribution in [-0.4, -0.2) is 66.5 Å². The van der Waals surface area contributed by atoms with Crippen molar-refractivity contribution in [2.75, 3.05) is 30.3 Å². The highest BCUT2D eigenvalue weighted by molar-refractivity contribution is 7.86. The summed E-state index contributed by atoms with van der Waals surface area (Å²) in [5, 5.41) is 7.14. The predicted molar refractivity (Wildman–Crippen MR) is 104 cm³/mol. The summed E-state index contributed by atoms with van der Waals surface area (Å²) in [7, 11) is -4.62. The molecule has 0 radical (unpaired) electrons. The Hall–Kier alpha value is -2.17. The topological polar surface area (TPSA) is 113 Å². The Morgan fingerprint density at radius 3 is 2.59 bits per heavy atom. The van der Waals surface area contributed by atoms with Gasteiger partial charge in [0, 0.05) is 49.7 Å². The van der Waals surface area contributed by atoms with Crippen LogP contribution < -0.4 is 4.90 Å². The van der Waals surface area contributed by atoms with Crippen LogP contribution in [0.3, 0.4) is 0 Å². The lowest BCUT2D eigenvalue weighted by molar-refractivity contribution is -0.117. The highest BCUT2D eigenvalue weighted by atomic mass is 32.3. The number of likely N-dealkylation sites (tertiary alicyclic amines) is 1.